The second-order valence-corrected chi connectivity index (χ2v) is 6.26. The van der Waals surface area contributed by atoms with E-state index in [1.807, 2.05) is 18.2 Å². The minimum absolute atomic E-state index is 0.589. The van der Waals surface area contributed by atoms with Crippen molar-refractivity contribution >= 4 is 27.5 Å². The fourth-order valence-corrected chi connectivity index (χ4v) is 2.94. The van der Waals surface area contributed by atoms with Gasteiger partial charge in [-0.3, -0.25) is 0 Å². The molecular weight excluding hydrogens is 342 g/mol. The van der Waals surface area contributed by atoms with Gasteiger partial charge in [0, 0.05) is 16.1 Å². The molecule has 4 nitrogen and oxygen atoms in total. The van der Waals surface area contributed by atoms with E-state index in [2.05, 4.69) is 31.4 Å². The average molecular weight is 357 g/mol. The molecule has 0 amide bonds. The van der Waals surface area contributed by atoms with Gasteiger partial charge in [-0.05, 0) is 47.0 Å². The van der Waals surface area contributed by atoms with Crippen LogP contribution in [0.5, 0.6) is 0 Å². The molecule has 1 aromatic carbocycles. The van der Waals surface area contributed by atoms with Crippen LogP contribution < -0.4 is 5.32 Å². The van der Waals surface area contributed by atoms with Gasteiger partial charge in [-0.1, -0.05) is 29.6 Å². The highest BCUT2D eigenvalue weighted by Crippen LogP contribution is 2.27. The summed E-state index contributed by atoms with van der Waals surface area (Å²) in [6, 6.07) is 6.18. The van der Waals surface area contributed by atoms with Crippen molar-refractivity contribution in [3.8, 4) is 11.4 Å². The highest BCUT2D eigenvalue weighted by atomic mass is 79.9. The van der Waals surface area contributed by atoms with E-state index in [1.54, 1.807) is 0 Å². The van der Waals surface area contributed by atoms with Crippen LogP contribution in [0.2, 0.25) is 5.02 Å². The number of hydrogen-bond donors (Lipinski definition) is 1. The van der Waals surface area contributed by atoms with Crippen molar-refractivity contribution in [1.29, 1.82) is 0 Å². The van der Waals surface area contributed by atoms with Crippen LogP contribution in [0.15, 0.2) is 27.2 Å². The molecule has 1 heterocycles. The lowest BCUT2D eigenvalue weighted by molar-refractivity contribution is 0.357. The summed E-state index contributed by atoms with van der Waals surface area (Å²) in [5.41, 5.74) is 0.886. The first-order chi connectivity index (χ1) is 9.72. The Bertz CT molecular complexity index is 596. The monoisotopic (exact) mass is 355 g/mol. The van der Waals surface area contributed by atoms with E-state index in [4.69, 9.17) is 16.1 Å². The summed E-state index contributed by atoms with van der Waals surface area (Å²) in [5.74, 6) is 1.21. The van der Waals surface area contributed by atoms with E-state index < -0.39 is 0 Å². The Balaban J connectivity index is 1.67. The van der Waals surface area contributed by atoms with Gasteiger partial charge in [-0.25, -0.2) is 0 Å². The molecule has 6 heteroatoms. The van der Waals surface area contributed by atoms with Crippen molar-refractivity contribution in [2.45, 2.75) is 38.3 Å². The SMILES string of the molecule is Clc1ccc(-c2noc(CNC3CCCC3)n2)cc1Br. The predicted octanol–water partition coefficient (Wildman–Crippen LogP) is 4.18. The number of halogens is 2. The second-order valence-electron chi connectivity index (χ2n) is 5.00. The van der Waals surface area contributed by atoms with Crippen LogP contribution in [0.4, 0.5) is 0 Å². The van der Waals surface area contributed by atoms with E-state index in [-0.39, 0.29) is 0 Å². The number of nitrogens with one attached hydrogen (secondary N) is 1. The molecule has 1 aliphatic carbocycles. The molecule has 0 radical (unpaired) electrons. The van der Waals surface area contributed by atoms with Crippen LogP contribution in [-0.4, -0.2) is 16.2 Å². The molecule has 2 aromatic rings. The lowest BCUT2D eigenvalue weighted by atomic mass is 10.2. The van der Waals surface area contributed by atoms with Gasteiger partial charge in [0.25, 0.3) is 0 Å². The van der Waals surface area contributed by atoms with E-state index in [0.717, 1.165) is 10.0 Å². The first-order valence-electron chi connectivity index (χ1n) is 6.74. The third-order valence-electron chi connectivity index (χ3n) is 3.54. The third kappa shape index (κ3) is 3.22. The standard InChI is InChI=1S/C14H15BrClN3O/c15-11-7-9(5-6-12(11)16)14-18-13(20-19-14)8-17-10-3-1-2-4-10/h5-7,10,17H,1-4,8H2. The molecule has 1 N–H and O–H groups in total. The number of rotatable bonds is 4. The molecule has 1 aliphatic rings. The van der Waals surface area contributed by atoms with Crippen molar-refractivity contribution in [1.82, 2.24) is 15.5 Å². The van der Waals surface area contributed by atoms with Gasteiger partial charge in [-0.2, -0.15) is 4.98 Å². The van der Waals surface area contributed by atoms with E-state index in [1.165, 1.54) is 25.7 Å². The van der Waals surface area contributed by atoms with Crippen molar-refractivity contribution in [3.63, 3.8) is 0 Å². The summed E-state index contributed by atoms with van der Waals surface area (Å²) in [7, 11) is 0. The molecule has 1 aromatic heterocycles. The normalized spacial score (nSPS) is 15.9. The van der Waals surface area contributed by atoms with E-state index in [0.29, 0.717) is 29.3 Å². The highest BCUT2D eigenvalue weighted by Gasteiger charge is 2.16. The Hall–Kier alpha value is -0.910. The molecule has 3 rings (SSSR count). The van der Waals surface area contributed by atoms with Crippen LogP contribution in [0.3, 0.4) is 0 Å². The Morgan fingerprint density at radius 1 is 1.35 bits per heavy atom. The van der Waals surface area contributed by atoms with Crippen LogP contribution in [0, 0.1) is 0 Å². The van der Waals surface area contributed by atoms with Gasteiger partial charge in [-0.15, -0.1) is 0 Å². The van der Waals surface area contributed by atoms with Crippen molar-refractivity contribution in [3.05, 3.63) is 33.6 Å². The summed E-state index contributed by atoms with van der Waals surface area (Å²) in [4.78, 5) is 4.41. The first-order valence-corrected chi connectivity index (χ1v) is 7.91. The summed E-state index contributed by atoms with van der Waals surface area (Å²) < 4.78 is 6.10. The fraction of sp³-hybridized carbons (Fsp3) is 0.429. The Morgan fingerprint density at radius 3 is 2.90 bits per heavy atom. The minimum Gasteiger partial charge on any atom is -0.338 e. The lowest BCUT2D eigenvalue weighted by Crippen LogP contribution is -2.25. The van der Waals surface area contributed by atoms with Crippen LogP contribution >= 0.6 is 27.5 Å². The smallest absolute Gasteiger partial charge is 0.240 e. The third-order valence-corrected chi connectivity index (χ3v) is 4.76. The quantitative estimate of drug-likeness (QED) is 0.892. The number of hydrogen-bond acceptors (Lipinski definition) is 4. The van der Waals surface area contributed by atoms with E-state index in [9.17, 15) is 0 Å². The molecule has 0 saturated heterocycles. The Kier molecular flexibility index (Phi) is 4.38. The summed E-state index contributed by atoms with van der Waals surface area (Å²) >= 11 is 9.37. The number of nitrogens with zero attached hydrogens (tertiary/aromatic N) is 2. The van der Waals surface area contributed by atoms with Crippen molar-refractivity contribution < 1.29 is 4.52 Å². The van der Waals surface area contributed by atoms with Gasteiger partial charge in [0.15, 0.2) is 0 Å². The van der Waals surface area contributed by atoms with Gasteiger partial charge in [0.1, 0.15) is 0 Å². The lowest BCUT2D eigenvalue weighted by Gasteiger charge is -2.08. The van der Waals surface area contributed by atoms with Gasteiger partial charge in [0.05, 0.1) is 11.6 Å². The predicted molar refractivity (Wildman–Crippen MR) is 81.5 cm³/mol. The van der Waals surface area contributed by atoms with Gasteiger partial charge >= 0.3 is 0 Å². The molecular formula is C14H15BrClN3O. The first kappa shape index (κ1) is 14.0. The maximum absolute atomic E-state index is 5.97. The zero-order chi connectivity index (χ0) is 13.9. The maximum atomic E-state index is 5.97. The molecule has 0 bridgehead atoms. The fourth-order valence-electron chi connectivity index (χ4n) is 2.44. The molecule has 20 heavy (non-hydrogen) atoms. The van der Waals surface area contributed by atoms with Crippen molar-refractivity contribution in [2.75, 3.05) is 0 Å². The summed E-state index contributed by atoms with van der Waals surface area (Å²) in [5, 5.41) is 8.14. The Morgan fingerprint density at radius 2 is 2.15 bits per heavy atom. The second kappa shape index (κ2) is 6.24. The molecule has 1 fully saturated rings. The topological polar surface area (TPSA) is 51.0 Å². The molecule has 0 aliphatic heterocycles. The van der Waals surface area contributed by atoms with E-state index >= 15 is 0 Å². The molecule has 1 saturated carbocycles. The average Bonchev–Trinajstić information content (AvgIpc) is 3.10. The molecule has 0 atom stereocenters. The number of benzene rings is 1. The van der Waals surface area contributed by atoms with Crippen molar-refractivity contribution in [2.24, 2.45) is 0 Å². The zero-order valence-electron chi connectivity index (χ0n) is 10.9. The highest BCUT2D eigenvalue weighted by molar-refractivity contribution is 9.10. The molecule has 0 unspecified atom stereocenters. The largest absolute Gasteiger partial charge is 0.338 e. The summed E-state index contributed by atoms with van der Waals surface area (Å²) in [6.07, 6.45) is 5.10. The van der Waals surface area contributed by atoms with Crippen LogP contribution in [0.25, 0.3) is 11.4 Å². The summed E-state index contributed by atoms with van der Waals surface area (Å²) in [6.45, 7) is 0.631. The minimum atomic E-state index is 0.589. The molecule has 0 spiro atoms. The Labute approximate surface area is 131 Å². The van der Waals surface area contributed by atoms with Crippen LogP contribution in [-0.2, 0) is 6.54 Å². The molecule has 106 valence electrons. The number of aromatic nitrogens is 2. The van der Waals surface area contributed by atoms with Crippen LogP contribution in [0.1, 0.15) is 31.6 Å². The van der Waals surface area contributed by atoms with Gasteiger partial charge < -0.3 is 9.84 Å². The zero-order valence-corrected chi connectivity index (χ0v) is 13.2. The van der Waals surface area contributed by atoms with Gasteiger partial charge in [0.2, 0.25) is 11.7 Å². The maximum Gasteiger partial charge on any atom is 0.240 e.